The molecule has 0 aliphatic carbocycles. The first kappa shape index (κ1) is 12.7. The van der Waals surface area contributed by atoms with Gasteiger partial charge in [-0.15, -0.1) is 0 Å². The molecule has 2 aromatic carbocycles. The van der Waals surface area contributed by atoms with Crippen molar-refractivity contribution in [3.05, 3.63) is 53.6 Å². The number of imidazole rings is 1. The molecule has 0 radical (unpaired) electrons. The molecule has 2 nitrogen and oxygen atoms in total. The van der Waals surface area contributed by atoms with E-state index in [0.717, 1.165) is 23.2 Å². The number of para-hydroxylation sites is 2. The van der Waals surface area contributed by atoms with Gasteiger partial charge in [-0.25, -0.2) is 4.98 Å². The largest absolute Gasteiger partial charge is 0.416 e. The first-order valence-electron chi connectivity index (χ1n) is 6.08. The highest BCUT2D eigenvalue weighted by molar-refractivity contribution is 5.79. The van der Waals surface area contributed by atoms with Crippen LogP contribution in [0.2, 0.25) is 0 Å². The van der Waals surface area contributed by atoms with E-state index in [1.54, 1.807) is 6.92 Å². The van der Waals surface area contributed by atoms with Gasteiger partial charge < -0.3 is 4.98 Å². The molecule has 0 saturated heterocycles. The van der Waals surface area contributed by atoms with Crippen LogP contribution in [0.25, 0.3) is 22.4 Å². The number of aryl methyl sites for hydroxylation is 1. The highest BCUT2D eigenvalue weighted by Gasteiger charge is 2.30. The second kappa shape index (κ2) is 4.37. The van der Waals surface area contributed by atoms with Crippen molar-refractivity contribution in [3.63, 3.8) is 0 Å². The topological polar surface area (TPSA) is 28.7 Å². The smallest absolute Gasteiger partial charge is 0.338 e. The van der Waals surface area contributed by atoms with Gasteiger partial charge in [-0.1, -0.05) is 18.2 Å². The number of benzene rings is 2. The number of fused-ring (bicyclic) bond motifs is 1. The Labute approximate surface area is 113 Å². The van der Waals surface area contributed by atoms with Gasteiger partial charge in [-0.3, -0.25) is 0 Å². The number of hydrogen-bond donors (Lipinski definition) is 1. The molecule has 0 atom stereocenters. The van der Waals surface area contributed by atoms with E-state index in [0.29, 0.717) is 17.0 Å². The van der Waals surface area contributed by atoms with E-state index in [4.69, 9.17) is 0 Å². The maximum atomic E-state index is 12.6. The number of aromatic amines is 1. The molecule has 5 heteroatoms. The minimum absolute atomic E-state index is 0.541. The molecule has 0 bridgehead atoms. The molecule has 0 aliphatic rings. The minimum atomic E-state index is -4.32. The molecule has 3 aromatic rings. The normalized spacial score (nSPS) is 12.0. The molecule has 0 fully saturated rings. The lowest BCUT2D eigenvalue weighted by atomic mass is 10.0. The average Bonchev–Trinajstić information content (AvgIpc) is 2.80. The Balaban J connectivity index is 2.10. The predicted octanol–water partition coefficient (Wildman–Crippen LogP) is 4.56. The van der Waals surface area contributed by atoms with Crippen LogP contribution in [0.15, 0.2) is 42.5 Å². The van der Waals surface area contributed by atoms with Crippen LogP contribution in [0, 0.1) is 6.92 Å². The third-order valence-corrected chi connectivity index (χ3v) is 3.20. The number of alkyl halides is 3. The Morgan fingerprint density at radius 3 is 2.45 bits per heavy atom. The van der Waals surface area contributed by atoms with Crippen LogP contribution in [0.1, 0.15) is 11.1 Å². The van der Waals surface area contributed by atoms with Crippen LogP contribution >= 0.6 is 0 Å². The van der Waals surface area contributed by atoms with Crippen molar-refractivity contribution in [2.24, 2.45) is 0 Å². The molecular weight excluding hydrogens is 265 g/mol. The zero-order chi connectivity index (χ0) is 14.3. The Bertz CT molecular complexity index is 739. The predicted molar refractivity (Wildman–Crippen MR) is 71.3 cm³/mol. The lowest BCUT2D eigenvalue weighted by Crippen LogP contribution is -2.05. The molecule has 0 amide bonds. The SMILES string of the molecule is Cc1cc(C(F)(F)F)ccc1-c1nc2ccccc2[nH]1. The van der Waals surface area contributed by atoms with E-state index in [1.165, 1.54) is 6.07 Å². The summed E-state index contributed by atoms with van der Waals surface area (Å²) in [4.78, 5) is 7.52. The van der Waals surface area contributed by atoms with E-state index in [1.807, 2.05) is 24.3 Å². The zero-order valence-electron chi connectivity index (χ0n) is 10.6. The second-order valence-electron chi connectivity index (χ2n) is 4.63. The number of aromatic nitrogens is 2. The van der Waals surface area contributed by atoms with Gasteiger partial charge in [0, 0.05) is 5.56 Å². The Morgan fingerprint density at radius 2 is 1.80 bits per heavy atom. The van der Waals surface area contributed by atoms with Crippen molar-refractivity contribution >= 4 is 11.0 Å². The molecule has 0 saturated carbocycles. The molecule has 1 N–H and O–H groups in total. The third-order valence-electron chi connectivity index (χ3n) is 3.20. The van der Waals surface area contributed by atoms with Crippen LogP contribution < -0.4 is 0 Å². The first-order chi connectivity index (χ1) is 9.45. The van der Waals surface area contributed by atoms with E-state index in [-0.39, 0.29) is 0 Å². The van der Waals surface area contributed by atoms with Gasteiger partial charge in [0.15, 0.2) is 0 Å². The summed E-state index contributed by atoms with van der Waals surface area (Å²) in [5, 5.41) is 0. The monoisotopic (exact) mass is 276 g/mol. The van der Waals surface area contributed by atoms with Gasteiger partial charge in [0.2, 0.25) is 0 Å². The second-order valence-corrected chi connectivity index (χ2v) is 4.63. The maximum Gasteiger partial charge on any atom is 0.416 e. The molecule has 0 aliphatic heterocycles. The average molecular weight is 276 g/mol. The van der Waals surface area contributed by atoms with Crippen LogP contribution in [-0.2, 0) is 6.18 Å². The summed E-state index contributed by atoms with van der Waals surface area (Å²) in [5.41, 5.74) is 2.23. The molecule has 0 unspecified atom stereocenters. The van der Waals surface area contributed by atoms with Gasteiger partial charge in [-0.05, 0) is 36.8 Å². The highest BCUT2D eigenvalue weighted by Crippen LogP contribution is 2.32. The molecule has 20 heavy (non-hydrogen) atoms. The van der Waals surface area contributed by atoms with E-state index >= 15 is 0 Å². The summed E-state index contributed by atoms with van der Waals surface area (Å²) in [6.45, 7) is 1.65. The molecule has 1 heterocycles. The summed E-state index contributed by atoms with van der Waals surface area (Å²) in [5.74, 6) is 0.581. The zero-order valence-corrected chi connectivity index (χ0v) is 10.6. The summed E-state index contributed by atoms with van der Waals surface area (Å²) in [6, 6.07) is 11.2. The van der Waals surface area contributed by atoms with E-state index in [9.17, 15) is 13.2 Å². The molecular formula is C15H11F3N2. The third kappa shape index (κ3) is 2.15. The Morgan fingerprint density at radius 1 is 1.05 bits per heavy atom. The Kier molecular flexibility index (Phi) is 2.78. The fourth-order valence-electron chi connectivity index (χ4n) is 2.19. The Hall–Kier alpha value is -2.30. The number of rotatable bonds is 1. The van der Waals surface area contributed by atoms with E-state index < -0.39 is 11.7 Å². The van der Waals surface area contributed by atoms with Crippen LogP contribution in [0.4, 0.5) is 13.2 Å². The van der Waals surface area contributed by atoms with Crippen molar-refractivity contribution < 1.29 is 13.2 Å². The number of H-pyrrole nitrogens is 1. The fraction of sp³-hybridized carbons (Fsp3) is 0.133. The number of hydrogen-bond acceptors (Lipinski definition) is 1. The summed E-state index contributed by atoms with van der Waals surface area (Å²) < 4.78 is 37.9. The van der Waals surface area contributed by atoms with Crippen LogP contribution in [0.3, 0.4) is 0 Å². The molecule has 102 valence electrons. The van der Waals surface area contributed by atoms with Gasteiger partial charge in [0.25, 0.3) is 0 Å². The number of halogens is 3. The number of nitrogens with zero attached hydrogens (tertiary/aromatic N) is 1. The van der Waals surface area contributed by atoms with Gasteiger partial charge >= 0.3 is 6.18 Å². The number of nitrogens with one attached hydrogen (secondary N) is 1. The minimum Gasteiger partial charge on any atom is -0.338 e. The van der Waals surface area contributed by atoms with Gasteiger partial charge in [0.1, 0.15) is 5.82 Å². The van der Waals surface area contributed by atoms with Crippen molar-refractivity contribution in [2.45, 2.75) is 13.1 Å². The molecule has 1 aromatic heterocycles. The lowest BCUT2D eigenvalue weighted by molar-refractivity contribution is -0.137. The van der Waals surface area contributed by atoms with Crippen molar-refractivity contribution in [1.29, 1.82) is 0 Å². The summed E-state index contributed by atoms with van der Waals surface area (Å²) >= 11 is 0. The summed E-state index contributed by atoms with van der Waals surface area (Å²) in [6.07, 6.45) is -4.32. The van der Waals surface area contributed by atoms with Gasteiger partial charge in [0.05, 0.1) is 16.6 Å². The molecule has 0 spiro atoms. The molecule has 3 rings (SSSR count). The first-order valence-corrected chi connectivity index (χ1v) is 6.08. The highest BCUT2D eigenvalue weighted by atomic mass is 19.4. The van der Waals surface area contributed by atoms with Crippen molar-refractivity contribution in [2.75, 3.05) is 0 Å². The van der Waals surface area contributed by atoms with Crippen LogP contribution in [0.5, 0.6) is 0 Å². The van der Waals surface area contributed by atoms with E-state index in [2.05, 4.69) is 9.97 Å². The summed E-state index contributed by atoms with van der Waals surface area (Å²) in [7, 11) is 0. The fourth-order valence-corrected chi connectivity index (χ4v) is 2.19. The standard InChI is InChI=1S/C15H11F3N2/c1-9-8-10(15(16,17)18)6-7-11(9)14-19-12-4-2-3-5-13(12)20-14/h2-8H,1H3,(H,19,20). The van der Waals surface area contributed by atoms with Crippen LogP contribution in [-0.4, -0.2) is 9.97 Å². The quantitative estimate of drug-likeness (QED) is 0.693. The lowest BCUT2D eigenvalue weighted by Gasteiger charge is -2.09. The van der Waals surface area contributed by atoms with Crippen molar-refractivity contribution in [3.8, 4) is 11.4 Å². The maximum absolute atomic E-state index is 12.6. The van der Waals surface area contributed by atoms with Crippen molar-refractivity contribution in [1.82, 2.24) is 9.97 Å². The van der Waals surface area contributed by atoms with Gasteiger partial charge in [-0.2, -0.15) is 13.2 Å².